The van der Waals surface area contributed by atoms with Crippen LogP contribution in [0.5, 0.6) is 0 Å². The molecule has 92 valence electrons. The number of carbonyl (C=O) groups excluding carboxylic acids is 1. The van der Waals surface area contributed by atoms with Crippen molar-refractivity contribution in [3.8, 4) is 0 Å². The fraction of sp³-hybridized carbons (Fsp3) is 0.462. The third kappa shape index (κ3) is 3.07. The highest BCUT2D eigenvalue weighted by Gasteiger charge is 2.32. The van der Waals surface area contributed by atoms with Crippen LogP contribution in [0.1, 0.15) is 31.9 Å². The fourth-order valence-electron chi connectivity index (χ4n) is 2.07. The van der Waals surface area contributed by atoms with E-state index < -0.39 is 0 Å². The first-order valence-electron chi connectivity index (χ1n) is 5.78. The molecule has 0 amide bonds. The summed E-state index contributed by atoms with van der Waals surface area (Å²) in [5.41, 5.74) is 1.16. The van der Waals surface area contributed by atoms with Gasteiger partial charge in [-0.15, -0.1) is 0 Å². The highest BCUT2D eigenvalue weighted by molar-refractivity contribution is 9.10. The van der Waals surface area contributed by atoms with Gasteiger partial charge in [-0.3, -0.25) is 10.1 Å². The molecule has 0 aromatic heterocycles. The first-order valence-corrected chi connectivity index (χ1v) is 6.57. The predicted molar refractivity (Wildman–Crippen MR) is 69.7 cm³/mol. The minimum atomic E-state index is -0.181. The van der Waals surface area contributed by atoms with E-state index >= 15 is 0 Å². The third-order valence-corrected chi connectivity index (χ3v) is 3.46. The van der Waals surface area contributed by atoms with Crippen LogP contribution in [0.3, 0.4) is 0 Å². The van der Waals surface area contributed by atoms with E-state index in [1.807, 2.05) is 25.1 Å². The Kier molecular flexibility index (Phi) is 3.84. The molecule has 1 aliphatic heterocycles. The molecular formula is C13H16BrNO2. The molecular weight excluding hydrogens is 282 g/mol. The number of cyclic esters (lactones) is 1. The Hall–Kier alpha value is -0.870. The van der Waals surface area contributed by atoms with E-state index in [0.717, 1.165) is 16.5 Å². The summed E-state index contributed by atoms with van der Waals surface area (Å²) >= 11 is 3.45. The summed E-state index contributed by atoms with van der Waals surface area (Å²) in [4.78, 5) is 11.5. The summed E-state index contributed by atoms with van der Waals surface area (Å²) in [6, 6.07) is 8.04. The van der Waals surface area contributed by atoms with E-state index in [-0.39, 0.29) is 24.2 Å². The van der Waals surface area contributed by atoms with Crippen LogP contribution in [0.2, 0.25) is 0 Å². The Bertz CT molecular complexity index is 422. The molecule has 0 bridgehead atoms. The zero-order valence-electron chi connectivity index (χ0n) is 9.94. The fourth-order valence-corrected chi connectivity index (χ4v) is 2.48. The van der Waals surface area contributed by atoms with Gasteiger partial charge in [-0.05, 0) is 31.5 Å². The van der Waals surface area contributed by atoms with Gasteiger partial charge in [0.2, 0.25) is 0 Å². The summed E-state index contributed by atoms with van der Waals surface area (Å²) in [5.74, 6) is -0.139. The van der Waals surface area contributed by atoms with Crippen LogP contribution in [-0.2, 0) is 9.53 Å². The van der Waals surface area contributed by atoms with Crippen molar-refractivity contribution in [2.75, 3.05) is 0 Å². The van der Waals surface area contributed by atoms with Gasteiger partial charge in [-0.25, -0.2) is 0 Å². The monoisotopic (exact) mass is 297 g/mol. The first-order chi connectivity index (χ1) is 8.06. The lowest BCUT2D eigenvalue weighted by molar-refractivity contribution is -0.142. The van der Waals surface area contributed by atoms with Gasteiger partial charge in [0.1, 0.15) is 12.1 Å². The molecule has 4 heteroatoms. The van der Waals surface area contributed by atoms with Crippen LogP contribution in [0.25, 0.3) is 0 Å². The second-order valence-corrected chi connectivity index (χ2v) is 5.39. The van der Waals surface area contributed by atoms with Gasteiger partial charge in [0, 0.05) is 16.9 Å². The topological polar surface area (TPSA) is 38.3 Å². The number of nitrogens with one attached hydrogen (secondary N) is 1. The van der Waals surface area contributed by atoms with Gasteiger partial charge in [0.05, 0.1) is 0 Å². The maximum absolute atomic E-state index is 11.5. The van der Waals surface area contributed by atoms with Crippen LogP contribution in [0.4, 0.5) is 0 Å². The molecule has 0 aliphatic carbocycles. The van der Waals surface area contributed by atoms with Crippen molar-refractivity contribution in [2.24, 2.45) is 0 Å². The molecule has 1 N–H and O–H groups in total. The summed E-state index contributed by atoms with van der Waals surface area (Å²) in [7, 11) is 0. The molecule has 3 atom stereocenters. The van der Waals surface area contributed by atoms with Crippen molar-refractivity contribution in [3.05, 3.63) is 34.3 Å². The van der Waals surface area contributed by atoms with Crippen molar-refractivity contribution < 1.29 is 9.53 Å². The number of benzene rings is 1. The number of halogens is 1. The number of hydrogen-bond donors (Lipinski definition) is 1. The lowest BCUT2D eigenvalue weighted by Gasteiger charge is -2.17. The van der Waals surface area contributed by atoms with Crippen molar-refractivity contribution in [3.63, 3.8) is 0 Å². The van der Waals surface area contributed by atoms with E-state index in [1.54, 1.807) is 0 Å². The van der Waals surface area contributed by atoms with E-state index in [2.05, 4.69) is 34.2 Å². The van der Waals surface area contributed by atoms with Gasteiger partial charge in [0.25, 0.3) is 0 Å². The number of ether oxygens (including phenoxy) is 1. The highest BCUT2D eigenvalue weighted by atomic mass is 79.9. The van der Waals surface area contributed by atoms with Gasteiger partial charge in [0.15, 0.2) is 0 Å². The highest BCUT2D eigenvalue weighted by Crippen LogP contribution is 2.21. The van der Waals surface area contributed by atoms with E-state index in [4.69, 9.17) is 4.74 Å². The molecule has 1 saturated heterocycles. The van der Waals surface area contributed by atoms with Crippen molar-refractivity contribution in [2.45, 2.75) is 38.5 Å². The lowest BCUT2D eigenvalue weighted by Crippen LogP contribution is -2.35. The lowest BCUT2D eigenvalue weighted by atomic mass is 10.1. The minimum absolute atomic E-state index is 0.0229. The molecule has 0 radical (unpaired) electrons. The molecule has 0 spiro atoms. The largest absolute Gasteiger partial charge is 0.461 e. The minimum Gasteiger partial charge on any atom is -0.461 e. The number of rotatable bonds is 3. The molecule has 1 aromatic carbocycles. The Labute approximate surface area is 110 Å². The third-order valence-electron chi connectivity index (χ3n) is 2.97. The predicted octanol–water partition coefficient (Wildman–Crippen LogP) is 2.80. The average Bonchev–Trinajstić information content (AvgIpc) is 2.57. The van der Waals surface area contributed by atoms with Crippen molar-refractivity contribution >= 4 is 21.9 Å². The van der Waals surface area contributed by atoms with Crippen LogP contribution in [0, 0.1) is 0 Å². The molecule has 1 aromatic rings. The second kappa shape index (κ2) is 5.19. The normalized spacial score (nSPS) is 25.7. The summed E-state index contributed by atoms with van der Waals surface area (Å²) < 4.78 is 6.17. The molecule has 1 aliphatic rings. The standard InChI is InChI=1S/C13H16BrNO2/c1-8-6-12(13(16)17-8)15-9(2)10-4-3-5-11(14)7-10/h3-5,7-9,12,15H,6H2,1-2H3/t8-,9-,12-/m1/s1. The molecule has 0 saturated carbocycles. The summed E-state index contributed by atoms with van der Waals surface area (Å²) in [6.07, 6.45) is 0.770. The van der Waals surface area contributed by atoms with E-state index in [0.29, 0.717) is 0 Å². The zero-order chi connectivity index (χ0) is 12.4. The number of carbonyl (C=O) groups is 1. The SMILES string of the molecule is C[C@@H]1C[C@@H](N[C@H](C)c2cccc(Br)c2)C(=O)O1. The quantitative estimate of drug-likeness (QED) is 0.872. The molecule has 2 rings (SSSR count). The second-order valence-electron chi connectivity index (χ2n) is 4.48. The van der Waals surface area contributed by atoms with Crippen LogP contribution in [0.15, 0.2) is 28.7 Å². The van der Waals surface area contributed by atoms with Gasteiger partial charge >= 0.3 is 5.97 Å². The van der Waals surface area contributed by atoms with E-state index in [9.17, 15) is 4.79 Å². The molecule has 1 fully saturated rings. The van der Waals surface area contributed by atoms with Gasteiger partial charge in [-0.2, -0.15) is 0 Å². The zero-order valence-corrected chi connectivity index (χ0v) is 11.5. The first kappa shape index (κ1) is 12.6. The maximum Gasteiger partial charge on any atom is 0.323 e. The van der Waals surface area contributed by atoms with Crippen LogP contribution >= 0.6 is 15.9 Å². The Morgan fingerprint density at radius 3 is 2.88 bits per heavy atom. The number of hydrogen-bond acceptors (Lipinski definition) is 3. The van der Waals surface area contributed by atoms with Gasteiger partial charge in [-0.1, -0.05) is 28.1 Å². The smallest absolute Gasteiger partial charge is 0.323 e. The Balaban J connectivity index is 2.02. The van der Waals surface area contributed by atoms with Crippen LogP contribution < -0.4 is 5.32 Å². The summed E-state index contributed by atoms with van der Waals surface area (Å²) in [6.45, 7) is 3.97. The van der Waals surface area contributed by atoms with Crippen molar-refractivity contribution in [1.82, 2.24) is 5.32 Å². The maximum atomic E-state index is 11.5. The molecule has 3 nitrogen and oxygen atoms in total. The Morgan fingerprint density at radius 1 is 1.53 bits per heavy atom. The van der Waals surface area contributed by atoms with Crippen molar-refractivity contribution in [1.29, 1.82) is 0 Å². The molecule has 17 heavy (non-hydrogen) atoms. The van der Waals surface area contributed by atoms with Gasteiger partial charge < -0.3 is 4.74 Å². The molecule has 1 heterocycles. The van der Waals surface area contributed by atoms with E-state index in [1.165, 1.54) is 0 Å². The molecule has 0 unspecified atom stereocenters. The Morgan fingerprint density at radius 2 is 2.29 bits per heavy atom. The van der Waals surface area contributed by atoms with Crippen LogP contribution in [-0.4, -0.2) is 18.1 Å². The average molecular weight is 298 g/mol. The summed E-state index contributed by atoms with van der Waals surface area (Å²) in [5, 5.41) is 3.31. The number of esters is 1.